The Labute approximate surface area is 97.2 Å². The molecule has 0 heterocycles. The Morgan fingerprint density at radius 3 is 2.77 bits per heavy atom. The molecular formula is C10H12BrClS. The third-order valence-electron chi connectivity index (χ3n) is 1.62. The summed E-state index contributed by atoms with van der Waals surface area (Å²) in [5.74, 6) is 1.79. The third-order valence-corrected chi connectivity index (χ3v) is 4.57. The van der Waals surface area contributed by atoms with Gasteiger partial charge in [-0.1, -0.05) is 46.6 Å². The highest BCUT2D eigenvalue weighted by atomic mass is 79.9. The van der Waals surface area contributed by atoms with E-state index in [0.717, 1.165) is 16.1 Å². The first-order valence-electron chi connectivity index (χ1n) is 4.17. The fourth-order valence-corrected chi connectivity index (χ4v) is 2.63. The predicted molar refractivity (Wildman–Crippen MR) is 65.1 cm³/mol. The summed E-state index contributed by atoms with van der Waals surface area (Å²) >= 11 is 11.3. The van der Waals surface area contributed by atoms with E-state index in [1.54, 1.807) is 0 Å². The van der Waals surface area contributed by atoms with Crippen molar-refractivity contribution >= 4 is 39.3 Å². The summed E-state index contributed by atoms with van der Waals surface area (Å²) in [6, 6.07) is 7.98. The molecule has 1 unspecified atom stereocenters. The minimum absolute atomic E-state index is 0.682. The van der Waals surface area contributed by atoms with Gasteiger partial charge >= 0.3 is 0 Å². The minimum Gasteiger partial charge on any atom is -0.124 e. The van der Waals surface area contributed by atoms with Crippen molar-refractivity contribution in [3.63, 3.8) is 0 Å². The number of rotatable bonds is 4. The van der Waals surface area contributed by atoms with Gasteiger partial charge in [-0.15, -0.1) is 11.8 Å². The molecule has 0 radical (unpaired) electrons. The fraction of sp³-hybridized carbons (Fsp3) is 0.400. The van der Waals surface area contributed by atoms with Crippen LogP contribution in [0.3, 0.4) is 0 Å². The number of hydrogen-bond acceptors (Lipinski definition) is 1. The maximum atomic E-state index is 6.02. The molecule has 13 heavy (non-hydrogen) atoms. The van der Waals surface area contributed by atoms with Gasteiger partial charge in [-0.3, -0.25) is 0 Å². The first kappa shape index (κ1) is 11.4. The maximum Gasteiger partial charge on any atom is 0.0541 e. The van der Waals surface area contributed by atoms with Crippen molar-refractivity contribution in [3.05, 3.63) is 29.3 Å². The molecule has 0 N–H and O–H groups in total. The second-order valence-electron chi connectivity index (χ2n) is 3.00. The lowest BCUT2D eigenvalue weighted by Crippen LogP contribution is -1.98. The summed E-state index contributed by atoms with van der Waals surface area (Å²) in [4.78, 5) is 1.18. The topological polar surface area (TPSA) is 0 Å². The standard InChI is InChI=1S/C10H12BrClS/c1-8(6-11)7-13-10-5-3-2-4-9(10)12/h2-5,8H,6-7H2,1H3. The summed E-state index contributed by atoms with van der Waals surface area (Å²) in [7, 11) is 0. The normalized spacial score (nSPS) is 12.8. The summed E-state index contributed by atoms with van der Waals surface area (Å²) in [6.07, 6.45) is 0. The SMILES string of the molecule is CC(CBr)CSc1ccccc1Cl. The van der Waals surface area contributed by atoms with E-state index >= 15 is 0 Å². The lowest BCUT2D eigenvalue weighted by Gasteiger charge is -2.07. The molecular weight excluding hydrogens is 268 g/mol. The van der Waals surface area contributed by atoms with Gasteiger partial charge in [-0.25, -0.2) is 0 Å². The van der Waals surface area contributed by atoms with E-state index in [1.807, 2.05) is 30.0 Å². The Morgan fingerprint density at radius 1 is 1.46 bits per heavy atom. The second-order valence-corrected chi connectivity index (χ2v) is 5.12. The summed E-state index contributed by atoms with van der Waals surface area (Å²) in [5, 5.41) is 1.90. The van der Waals surface area contributed by atoms with Crippen molar-refractivity contribution in [3.8, 4) is 0 Å². The monoisotopic (exact) mass is 278 g/mol. The Balaban J connectivity index is 2.50. The predicted octanol–water partition coefficient (Wildman–Crippen LogP) is 4.46. The molecule has 0 nitrogen and oxygen atoms in total. The number of benzene rings is 1. The molecule has 1 aromatic rings. The zero-order chi connectivity index (χ0) is 9.68. The molecule has 0 amide bonds. The zero-order valence-electron chi connectivity index (χ0n) is 7.47. The van der Waals surface area contributed by atoms with Gasteiger partial charge in [0.15, 0.2) is 0 Å². The average Bonchev–Trinajstić information content (AvgIpc) is 2.16. The molecule has 0 bridgehead atoms. The Hall–Kier alpha value is 0.340. The van der Waals surface area contributed by atoms with Gasteiger partial charge in [0.25, 0.3) is 0 Å². The molecule has 0 saturated carbocycles. The highest BCUT2D eigenvalue weighted by Gasteiger charge is 2.03. The Bertz CT molecular complexity index is 265. The van der Waals surface area contributed by atoms with E-state index in [-0.39, 0.29) is 0 Å². The summed E-state index contributed by atoms with van der Waals surface area (Å²) in [5.41, 5.74) is 0. The molecule has 72 valence electrons. The molecule has 0 aliphatic heterocycles. The lowest BCUT2D eigenvalue weighted by atomic mass is 10.3. The quantitative estimate of drug-likeness (QED) is 0.579. The van der Waals surface area contributed by atoms with Crippen LogP contribution < -0.4 is 0 Å². The molecule has 0 aromatic heterocycles. The smallest absolute Gasteiger partial charge is 0.0541 e. The maximum absolute atomic E-state index is 6.02. The van der Waals surface area contributed by atoms with E-state index in [0.29, 0.717) is 5.92 Å². The van der Waals surface area contributed by atoms with E-state index < -0.39 is 0 Å². The molecule has 3 heteroatoms. The van der Waals surface area contributed by atoms with Crippen LogP contribution in [0.1, 0.15) is 6.92 Å². The van der Waals surface area contributed by atoms with Crippen LogP contribution in [0.5, 0.6) is 0 Å². The Kier molecular flexibility index (Phi) is 5.22. The van der Waals surface area contributed by atoms with Crippen LogP contribution in [0, 0.1) is 5.92 Å². The Morgan fingerprint density at radius 2 is 2.15 bits per heavy atom. The van der Waals surface area contributed by atoms with E-state index in [2.05, 4.69) is 28.9 Å². The van der Waals surface area contributed by atoms with E-state index in [1.165, 1.54) is 4.90 Å². The average molecular weight is 280 g/mol. The van der Waals surface area contributed by atoms with Crippen LogP contribution >= 0.6 is 39.3 Å². The van der Waals surface area contributed by atoms with Crippen LogP contribution in [0.15, 0.2) is 29.2 Å². The molecule has 0 aliphatic rings. The van der Waals surface area contributed by atoms with Crippen LogP contribution in [0.2, 0.25) is 5.02 Å². The molecule has 0 spiro atoms. The molecule has 1 aromatic carbocycles. The molecule has 0 saturated heterocycles. The summed E-state index contributed by atoms with van der Waals surface area (Å²) < 4.78 is 0. The molecule has 1 atom stereocenters. The highest BCUT2D eigenvalue weighted by molar-refractivity contribution is 9.09. The van der Waals surface area contributed by atoms with Gasteiger partial charge in [0.05, 0.1) is 5.02 Å². The number of halogens is 2. The zero-order valence-corrected chi connectivity index (χ0v) is 10.6. The van der Waals surface area contributed by atoms with Crippen molar-refractivity contribution in [2.24, 2.45) is 5.92 Å². The van der Waals surface area contributed by atoms with E-state index in [9.17, 15) is 0 Å². The third kappa shape index (κ3) is 3.92. The van der Waals surface area contributed by atoms with Crippen LogP contribution in [0.25, 0.3) is 0 Å². The first-order chi connectivity index (χ1) is 6.24. The van der Waals surface area contributed by atoms with Gasteiger partial charge in [0.2, 0.25) is 0 Å². The van der Waals surface area contributed by atoms with Gasteiger partial charge in [0, 0.05) is 16.0 Å². The number of hydrogen-bond donors (Lipinski definition) is 0. The van der Waals surface area contributed by atoms with Gasteiger partial charge < -0.3 is 0 Å². The first-order valence-corrected chi connectivity index (χ1v) is 6.66. The van der Waals surface area contributed by atoms with Gasteiger partial charge in [-0.2, -0.15) is 0 Å². The van der Waals surface area contributed by atoms with Crippen molar-refractivity contribution in [2.75, 3.05) is 11.1 Å². The van der Waals surface area contributed by atoms with Crippen molar-refractivity contribution in [1.82, 2.24) is 0 Å². The molecule has 0 aliphatic carbocycles. The molecule has 1 rings (SSSR count). The lowest BCUT2D eigenvalue weighted by molar-refractivity contribution is 0.770. The van der Waals surface area contributed by atoms with Crippen LogP contribution in [-0.4, -0.2) is 11.1 Å². The van der Waals surface area contributed by atoms with Crippen LogP contribution in [-0.2, 0) is 0 Å². The highest BCUT2D eigenvalue weighted by Crippen LogP contribution is 2.28. The van der Waals surface area contributed by atoms with Crippen molar-refractivity contribution in [1.29, 1.82) is 0 Å². The number of alkyl halides is 1. The largest absolute Gasteiger partial charge is 0.124 e. The van der Waals surface area contributed by atoms with Gasteiger partial charge in [0.1, 0.15) is 0 Å². The molecule has 0 fully saturated rings. The van der Waals surface area contributed by atoms with Crippen molar-refractivity contribution < 1.29 is 0 Å². The van der Waals surface area contributed by atoms with Crippen molar-refractivity contribution in [2.45, 2.75) is 11.8 Å². The minimum atomic E-state index is 0.682. The number of thioether (sulfide) groups is 1. The second kappa shape index (κ2) is 5.94. The van der Waals surface area contributed by atoms with E-state index in [4.69, 9.17) is 11.6 Å². The van der Waals surface area contributed by atoms with Crippen LogP contribution in [0.4, 0.5) is 0 Å². The van der Waals surface area contributed by atoms with Gasteiger partial charge in [-0.05, 0) is 18.1 Å². The fourth-order valence-electron chi connectivity index (χ4n) is 0.838. The summed E-state index contributed by atoms with van der Waals surface area (Å²) in [6.45, 7) is 2.22.